The quantitative estimate of drug-likeness (QED) is 0.789. The number of hydrogen-bond donors (Lipinski definition) is 0. The lowest BCUT2D eigenvalue weighted by Gasteiger charge is -2.01. The molecule has 0 aromatic carbocycles. The minimum atomic E-state index is -0.0128. The van der Waals surface area contributed by atoms with Crippen molar-refractivity contribution in [1.29, 1.82) is 0 Å². The molecule has 0 aliphatic rings. The Hall–Kier alpha value is -1.55. The van der Waals surface area contributed by atoms with Crippen molar-refractivity contribution in [3.63, 3.8) is 0 Å². The molecule has 2 heterocycles. The zero-order chi connectivity index (χ0) is 12.6. The lowest BCUT2D eigenvalue weighted by atomic mass is 10.1. The van der Waals surface area contributed by atoms with Gasteiger partial charge in [0.15, 0.2) is 5.78 Å². The van der Waals surface area contributed by atoms with Crippen molar-refractivity contribution in [1.82, 2.24) is 9.78 Å². The topological polar surface area (TPSA) is 48.0 Å². The van der Waals surface area contributed by atoms with E-state index in [9.17, 15) is 4.79 Å². The average molecular weight is 253 g/mol. The third kappa shape index (κ3) is 2.13. The smallest absolute Gasteiger partial charge is 0.172 e. The molecule has 0 amide bonds. The van der Waals surface area contributed by atoms with E-state index in [1.165, 1.54) is 6.26 Å². The zero-order valence-corrected chi connectivity index (χ0v) is 10.7. The van der Waals surface area contributed by atoms with Crippen LogP contribution in [0.25, 0.3) is 0 Å². The number of hydrogen-bond acceptors (Lipinski definition) is 3. The Kier molecular flexibility index (Phi) is 3.07. The molecule has 0 radical (unpaired) electrons. The highest BCUT2D eigenvalue weighted by Gasteiger charge is 2.18. The van der Waals surface area contributed by atoms with E-state index < -0.39 is 0 Å². The van der Waals surface area contributed by atoms with Crippen molar-refractivity contribution in [3.8, 4) is 0 Å². The van der Waals surface area contributed by atoms with Crippen LogP contribution in [0.15, 0.2) is 16.7 Å². The third-order valence-corrected chi connectivity index (χ3v) is 3.24. The Morgan fingerprint density at radius 3 is 2.71 bits per heavy atom. The Balaban J connectivity index is 2.28. The van der Waals surface area contributed by atoms with Crippen LogP contribution in [0.4, 0.5) is 0 Å². The normalized spacial score (nSPS) is 10.8. The number of rotatable bonds is 3. The lowest BCUT2D eigenvalue weighted by molar-refractivity contribution is 0.0989. The number of furan rings is 1. The summed E-state index contributed by atoms with van der Waals surface area (Å²) in [6.45, 7) is 3.59. The summed E-state index contributed by atoms with van der Waals surface area (Å²) < 4.78 is 6.76. The summed E-state index contributed by atoms with van der Waals surface area (Å²) in [5, 5.41) is 4.73. The van der Waals surface area contributed by atoms with Crippen molar-refractivity contribution in [2.45, 2.75) is 20.3 Å². The highest BCUT2D eigenvalue weighted by molar-refractivity contribution is 6.32. The summed E-state index contributed by atoms with van der Waals surface area (Å²) in [5.41, 5.74) is 2.07. The largest absolute Gasteiger partial charge is 0.469 e. The fourth-order valence-corrected chi connectivity index (χ4v) is 2.02. The van der Waals surface area contributed by atoms with Crippen LogP contribution >= 0.6 is 11.6 Å². The second kappa shape index (κ2) is 4.37. The van der Waals surface area contributed by atoms with E-state index >= 15 is 0 Å². The van der Waals surface area contributed by atoms with Crippen molar-refractivity contribution >= 4 is 17.4 Å². The van der Waals surface area contributed by atoms with Gasteiger partial charge >= 0.3 is 0 Å². The first kappa shape index (κ1) is 11.9. The molecule has 0 saturated heterocycles. The number of nitrogens with zero attached hydrogens (tertiary/aromatic N) is 2. The van der Waals surface area contributed by atoms with Crippen molar-refractivity contribution in [3.05, 3.63) is 40.1 Å². The molecule has 0 N–H and O–H groups in total. The molecule has 0 unspecified atom stereocenters. The summed E-state index contributed by atoms with van der Waals surface area (Å²) in [6, 6.07) is 1.68. The SMILES string of the molecule is Cc1nn(C)c(CC(=O)c2ccoc2C)c1Cl. The first-order valence-electron chi connectivity index (χ1n) is 5.26. The second-order valence-corrected chi connectivity index (χ2v) is 4.34. The van der Waals surface area contributed by atoms with Gasteiger partial charge in [0.2, 0.25) is 0 Å². The Labute approximate surface area is 104 Å². The molecule has 0 saturated carbocycles. The summed E-state index contributed by atoms with van der Waals surface area (Å²) in [7, 11) is 1.78. The highest BCUT2D eigenvalue weighted by atomic mass is 35.5. The van der Waals surface area contributed by atoms with Gasteiger partial charge in [-0.1, -0.05) is 11.6 Å². The summed E-state index contributed by atoms with van der Waals surface area (Å²) in [4.78, 5) is 12.0. The number of carbonyl (C=O) groups excluding carboxylic acids is 1. The Morgan fingerprint density at radius 1 is 1.53 bits per heavy atom. The molecular formula is C12H13ClN2O2. The molecule has 0 bridgehead atoms. The van der Waals surface area contributed by atoms with E-state index in [0.29, 0.717) is 16.3 Å². The minimum Gasteiger partial charge on any atom is -0.469 e. The molecule has 0 fully saturated rings. The first-order chi connectivity index (χ1) is 8.00. The molecule has 2 aromatic heterocycles. The van der Waals surface area contributed by atoms with Crippen LogP contribution in [0.5, 0.6) is 0 Å². The maximum absolute atomic E-state index is 12.0. The average Bonchev–Trinajstić information content (AvgIpc) is 2.78. The van der Waals surface area contributed by atoms with Crippen LogP contribution in [-0.4, -0.2) is 15.6 Å². The molecule has 90 valence electrons. The van der Waals surface area contributed by atoms with Gasteiger partial charge in [-0.3, -0.25) is 9.48 Å². The molecule has 0 atom stereocenters. The Morgan fingerprint density at radius 2 is 2.24 bits per heavy atom. The fourth-order valence-electron chi connectivity index (χ4n) is 1.79. The first-order valence-corrected chi connectivity index (χ1v) is 5.63. The number of Topliss-reactive ketones (excluding diaryl/α,β-unsaturated/α-hetero) is 1. The van der Waals surface area contributed by atoms with Crippen LogP contribution in [-0.2, 0) is 13.5 Å². The molecule has 2 rings (SSSR count). The lowest BCUT2D eigenvalue weighted by Crippen LogP contribution is -2.08. The van der Waals surface area contributed by atoms with Crippen LogP contribution in [0, 0.1) is 13.8 Å². The van der Waals surface area contributed by atoms with Gasteiger partial charge in [-0.05, 0) is 19.9 Å². The zero-order valence-electron chi connectivity index (χ0n) is 9.95. The van der Waals surface area contributed by atoms with E-state index in [0.717, 1.165) is 11.4 Å². The molecule has 4 nitrogen and oxygen atoms in total. The van der Waals surface area contributed by atoms with Gasteiger partial charge < -0.3 is 4.42 Å². The monoisotopic (exact) mass is 252 g/mol. The molecule has 0 aliphatic heterocycles. The van der Waals surface area contributed by atoms with Crippen LogP contribution in [0.1, 0.15) is 27.5 Å². The summed E-state index contributed by atoms with van der Waals surface area (Å²) in [5.74, 6) is 0.617. The van der Waals surface area contributed by atoms with Gasteiger partial charge in [0.25, 0.3) is 0 Å². The van der Waals surface area contributed by atoms with Crippen molar-refractivity contribution < 1.29 is 9.21 Å². The fraction of sp³-hybridized carbons (Fsp3) is 0.333. The van der Waals surface area contributed by atoms with Gasteiger partial charge in [0.1, 0.15) is 5.76 Å². The predicted molar refractivity (Wildman–Crippen MR) is 64.4 cm³/mol. The second-order valence-electron chi connectivity index (χ2n) is 3.96. The molecular weight excluding hydrogens is 240 g/mol. The van der Waals surface area contributed by atoms with E-state index in [1.54, 1.807) is 24.7 Å². The molecule has 17 heavy (non-hydrogen) atoms. The van der Waals surface area contributed by atoms with Gasteiger partial charge in [-0.25, -0.2) is 0 Å². The van der Waals surface area contributed by atoms with Gasteiger partial charge in [-0.2, -0.15) is 5.10 Å². The van der Waals surface area contributed by atoms with Crippen molar-refractivity contribution in [2.75, 3.05) is 0 Å². The number of aryl methyl sites for hydroxylation is 3. The molecule has 2 aromatic rings. The van der Waals surface area contributed by atoms with Gasteiger partial charge in [0, 0.05) is 7.05 Å². The van der Waals surface area contributed by atoms with Crippen molar-refractivity contribution in [2.24, 2.45) is 7.05 Å². The predicted octanol–water partition coefficient (Wildman–Crippen LogP) is 2.71. The number of carbonyl (C=O) groups is 1. The third-order valence-electron chi connectivity index (χ3n) is 2.75. The number of aromatic nitrogens is 2. The molecule has 0 spiro atoms. The van der Waals surface area contributed by atoms with Gasteiger partial charge in [0.05, 0.1) is 34.7 Å². The van der Waals surface area contributed by atoms with Crippen LogP contribution in [0.3, 0.4) is 0 Å². The maximum atomic E-state index is 12.0. The Bertz CT molecular complexity index is 569. The molecule has 0 aliphatic carbocycles. The maximum Gasteiger partial charge on any atom is 0.172 e. The minimum absolute atomic E-state index is 0.0128. The number of ketones is 1. The number of halogens is 1. The van der Waals surface area contributed by atoms with E-state index in [4.69, 9.17) is 16.0 Å². The summed E-state index contributed by atoms with van der Waals surface area (Å²) in [6.07, 6.45) is 1.75. The molecule has 5 heteroatoms. The van der Waals surface area contributed by atoms with E-state index in [-0.39, 0.29) is 12.2 Å². The highest BCUT2D eigenvalue weighted by Crippen LogP contribution is 2.21. The summed E-state index contributed by atoms with van der Waals surface area (Å²) >= 11 is 6.10. The standard InChI is InChI=1S/C12H13ClN2O2/c1-7-12(13)10(15(3)14-7)6-11(16)9-4-5-17-8(9)2/h4-5H,6H2,1-3H3. The van der Waals surface area contributed by atoms with Crippen LogP contribution in [0.2, 0.25) is 5.02 Å². The van der Waals surface area contributed by atoms with Crippen LogP contribution < -0.4 is 0 Å². The van der Waals surface area contributed by atoms with E-state index in [1.807, 2.05) is 6.92 Å². The van der Waals surface area contributed by atoms with E-state index in [2.05, 4.69) is 5.10 Å². The van der Waals surface area contributed by atoms with Gasteiger partial charge in [-0.15, -0.1) is 0 Å².